The normalized spacial score (nSPS) is 34.2. The molecule has 0 aromatic carbocycles. The van der Waals surface area contributed by atoms with E-state index >= 15 is 0 Å². The zero-order chi connectivity index (χ0) is 7.40. The summed E-state index contributed by atoms with van der Waals surface area (Å²) in [6.45, 7) is 6.29. The fourth-order valence-corrected chi connectivity index (χ4v) is 0.607. The van der Waals surface area contributed by atoms with Gasteiger partial charge in [-0.2, -0.15) is 0 Å². The molecule has 0 aliphatic carbocycles. The number of hydrogen-bond donors (Lipinski definition) is 0. The predicted molar refractivity (Wildman–Crippen MR) is 40.1 cm³/mol. The van der Waals surface area contributed by atoms with Crippen LogP contribution in [0, 0.1) is 0 Å². The molecule has 2 rings (SSSR count). The predicted octanol–water partition coefficient (Wildman–Crippen LogP) is 1.59. The number of hydrogen-bond acceptors (Lipinski definition) is 2. The van der Waals surface area contributed by atoms with Gasteiger partial charge >= 0.3 is 0 Å². The molecule has 10 heavy (non-hydrogen) atoms. The molecule has 0 bridgehead atoms. The van der Waals surface area contributed by atoms with Gasteiger partial charge in [-0.05, 0) is 12.8 Å². The molecule has 0 amide bonds. The van der Waals surface area contributed by atoms with Crippen molar-refractivity contribution >= 4 is 0 Å². The SMILES string of the molecule is CC[C@@H]1CO1.CC[C@H]1CO1. The van der Waals surface area contributed by atoms with Gasteiger partial charge in [0.05, 0.1) is 25.4 Å². The molecule has 60 valence electrons. The van der Waals surface area contributed by atoms with Crippen molar-refractivity contribution in [2.75, 3.05) is 13.2 Å². The summed E-state index contributed by atoms with van der Waals surface area (Å²) in [4.78, 5) is 0. The molecular weight excluding hydrogens is 128 g/mol. The Morgan fingerprint density at radius 1 is 1.00 bits per heavy atom. The van der Waals surface area contributed by atoms with Gasteiger partial charge in [0.2, 0.25) is 0 Å². The first kappa shape index (κ1) is 8.02. The molecule has 2 fully saturated rings. The molecule has 0 N–H and O–H groups in total. The van der Waals surface area contributed by atoms with Gasteiger partial charge in [-0.15, -0.1) is 0 Å². The summed E-state index contributed by atoms with van der Waals surface area (Å²) < 4.78 is 9.72. The van der Waals surface area contributed by atoms with E-state index in [4.69, 9.17) is 9.47 Å². The average molecular weight is 144 g/mol. The van der Waals surface area contributed by atoms with Crippen molar-refractivity contribution in [3.8, 4) is 0 Å². The molecule has 2 aliphatic heterocycles. The summed E-state index contributed by atoms with van der Waals surface area (Å²) in [7, 11) is 0. The first-order valence-corrected chi connectivity index (χ1v) is 4.10. The van der Waals surface area contributed by atoms with Crippen LogP contribution in [0.15, 0.2) is 0 Å². The molecule has 2 nitrogen and oxygen atoms in total. The summed E-state index contributed by atoms with van der Waals surface area (Å²) >= 11 is 0. The van der Waals surface area contributed by atoms with Crippen LogP contribution in [-0.4, -0.2) is 25.4 Å². The van der Waals surface area contributed by atoms with Gasteiger partial charge < -0.3 is 9.47 Å². The molecule has 0 unspecified atom stereocenters. The molecule has 2 heteroatoms. The van der Waals surface area contributed by atoms with E-state index in [0.717, 1.165) is 13.2 Å². The Morgan fingerprint density at radius 3 is 1.30 bits per heavy atom. The fourth-order valence-electron chi connectivity index (χ4n) is 0.607. The Morgan fingerprint density at radius 2 is 1.30 bits per heavy atom. The van der Waals surface area contributed by atoms with Gasteiger partial charge in [0.25, 0.3) is 0 Å². The van der Waals surface area contributed by atoms with E-state index in [9.17, 15) is 0 Å². The third-order valence-corrected chi connectivity index (χ3v) is 1.72. The maximum Gasteiger partial charge on any atom is 0.0807 e. The van der Waals surface area contributed by atoms with E-state index in [1.165, 1.54) is 12.8 Å². The van der Waals surface area contributed by atoms with Gasteiger partial charge in [0.15, 0.2) is 0 Å². The molecule has 0 aromatic heterocycles. The lowest BCUT2D eigenvalue weighted by Gasteiger charge is -1.69. The Bertz CT molecular complexity index is 73.3. The van der Waals surface area contributed by atoms with Crippen molar-refractivity contribution in [3.05, 3.63) is 0 Å². The zero-order valence-electron chi connectivity index (χ0n) is 6.80. The highest BCUT2D eigenvalue weighted by Crippen LogP contribution is 2.11. The summed E-state index contributed by atoms with van der Waals surface area (Å²) in [6, 6.07) is 0. The lowest BCUT2D eigenvalue weighted by Crippen LogP contribution is -1.73. The minimum Gasteiger partial charge on any atom is -0.373 e. The lowest BCUT2D eigenvalue weighted by molar-refractivity contribution is 0.403. The number of epoxide rings is 2. The van der Waals surface area contributed by atoms with E-state index in [0.29, 0.717) is 12.2 Å². The third-order valence-electron chi connectivity index (χ3n) is 1.72. The average Bonchev–Trinajstić information content (AvgIpc) is 2.86. The molecule has 0 saturated carbocycles. The maximum atomic E-state index is 4.86. The van der Waals surface area contributed by atoms with Crippen LogP contribution < -0.4 is 0 Å². The fraction of sp³-hybridized carbons (Fsp3) is 1.00. The Hall–Kier alpha value is -0.0800. The van der Waals surface area contributed by atoms with Gasteiger partial charge in [-0.25, -0.2) is 0 Å². The van der Waals surface area contributed by atoms with Crippen molar-refractivity contribution in [3.63, 3.8) is 0 Å². The Kier molecular flexibility index (Phi) is 3.16. The summed E-state index contributed by atoms with van der Waals surface area (Å²) in [5.41, 5.74) is 0. The zero-order valence-corrected chi connectivity index (χ0v) is 6.80. The van der Waals surface area contributed by atoms with Crippen LogP contribution in [0.2, 0.25) is 0 Å². The van der Waals surface area contributed by atoms with Crippen molar-refractivity contribution in [1.29, 1.82) is 0 Å². The van der Waals surface area contributed by atoms with E-state index in [1.54, 1.807) is 0 Å². The smallest absolute Gasteiger partial charge is 0.0807 e. The van der Waals surface area contributed by atoms with Crippen LogP contribution in [0.1, 0.15) is 26.7 Å². The molecule has 2 saturated heterocycles. The van der Waals surface area contributed by atoms with E-state index in [1.807, 2.05) is 0 Å². The van der Waals surface area contributed by atoms with Gasteiger partial charge in [-0.3, -0.25) is 0 Å². The standard InChI is InChI=1S/2C4H8O/c2*1-2-4-3-5-4/h2*4H,2-3H2,1H3/t2*4-/m10/s1. The summed E-state index contributed by atoms with van der Waals surface area (Å²) in [5.74, 6) is 0. The van der Waals surface area contributed by atoms with Crippen molar-refractivity contribution < 1.29 is 9.47 Å². The first-order chi connectivity index (χ1) is 4.86. The largest absolute Gasteiger partial charge is 0.373 e. The Labute approximate surface area is 62.5 Å². The minimum absolute atomic E-state index is 0.634. The second kappa shape index (κ2) is 3.94. The highest BCUT2D eigenvalue weighted by Gasteiger charge is 2.18. The molecule has 0 aromatic rings. The van der Waals surface area contributed by atoms with Crippen molar-refractivity contribution in [2.45, 2.75) is 38.9 Å². The quantitative estimate of drug-likeness (QED) is 0.550. The third kappa shape index (κ3) is 3.85. The van der Waals surface area contributed by atoms with Gasteiger partial charge in [0, 0.05) is 0 Å². The van der Waals surface area contributed by atoms with Gasteiger partial charge in [-0.1, -0.05) is 13.8 Å². The second-order valence-corrected chi connectivity index (χ2v) is 2.73. The number of ether oxygens (including phenoxy) is 2. The first-order valence-electron chi connectivity index (χ1n) is 4.10. The van der Waals surface area contributed by atoms with E-state index in [2.05, 4.69) is 13.8 Å². The van der Waals surface area contributed by atoms with Crippen LogP contribution in [-0.2, 0) is 9.47 Å². The molecule has 2 heterocycles. The van der Waals surface area contributed by atoms with Crippen LogP contribution >= 0.6 is 0 Å². The molecule has 0 spiro atoms. The van der Waals surface area contributed by atoms with E-state index < -0.39 is 0 Å². The topological polar surface area (TPSA) is 25.1 Å². The van der Waals surface area contributed by atoms with E-state index in [-0.39, 0.29) is 0 Å². The van der Waals surface area contributed by atoms with Crippen molar-refractivity contribution in [1.82, 2.24) is 0 Å². The van der Waals surface area contributed by atoms with Gasteiger partial charge in [0.1, 0.15) is 0 Å². The van der Waals surface area contributed by atoms with Crippen molar-refractivity contribution in [2.24, 2.45) is 0 Å². The molecular formula is C8H16O2. The molecule has 2 aliphatic rings. The number of rotatable bonds is 2. The second-order valence-electron chi connectivity index (χ2n) is 2.73. The van der Waals surface area contributed by atoms with Crippen LogP contribution in [0.4, 0.5) is 0 Å². The highest BCUT2D eigenvalue weighted by atomic mass is 16.6. The monoisotopic (exact) mass is 144 g/mol. The molecule has 2 atom stereocenters. The Balaban J connectivity index is 0.0000001000. The van der Waals surface area contributed by atoms with Crippen LogP contribution in [0.3, 0.4) is 0 Å². The summed E-state index contributed by atoms with van der Waals surface area (Å²) in [5, 5.41) is 0. The van der Waals surface area contributed by atoms with Crippen LogP contribution in [0.25, 0.3) is 0 Å². The summed E-state index contributed by atoms with van der Waals surface area (Å²) in [6.07, 6.45) is 3.66. The molecule has 0 radical (unpaired) electrons. The maximum absolute atomic E-state index is 4.86. The van der Waals surface area contributed by atoms with Crippen LogP contribution in [0.5, 0.6) is 0 Å². The minimum atomic E-state index is 0.634. The lowest BCUT2D eigenvalue weighted by atomic mass is 10.4. The highest BCUT2D eigenvalue weighted by molar-refractivity contribution is 4.64.